The Hall–Kier alpha value is -2.99. The van der Waals surface area contributed by atoms with Crippen LogP contribution < -0.4 is 14.8 Å². The van der Waals surface area contributed by atoms with Gasteiger partial charge in [0.25, 0.3) is 5.91 Å². The number of benzene rings is 2. The third kappa shape index (κ3) is 3.50. The number of H-pyrrole nitrogens is 1. The first-order chi connectivity index (χ1) is 12.5. The lowest BCUT2D eigenvalue weighted by Crippen LogP contribution is -2.12. The van der Waals surface area contributed by atoms with E-state index in [1.807, 2.05) is 19.1 Å². The van der Waals surface area contributed by atoms with Crippen LogP contribution in [0.5, 0.6) is 11.5 Å². The third-order valence-electron chi connectivity index (χ3n) is 3.96. The predicted octanol–water partition coefficient (Wildman–Crippen LogP) is 4.31. The molecule has 0 atom stereocenters. The van der Waals surface area contributed by atoms with E-state index in [1.54, 1.807) is 44.6 Å². The molecule has 0 saturated carbocycles. The van der Waals surface area contributed by atoms with Gasteiger partial charge in [-0.15, -0.1) is 0 Å². The van der Waals surface area contributed by atoms with E-state index < -0.39 is 0 Å². The van der Waals surface area contributed by atoms with E-state index in [4.69, 9.17) is 21.1 Å². The van der Waals surface area contributed by atoms with Crippen LogP contribution >= 0.6 is 11.6 Å². The molecule has 0 aliphatic carbocycles. The number of nitrogens with one attached hydrogen (secondary N) is 2. The van der Waals surface area contributed by atoms with Crippen molar-refractivity contribution in [2.75, 3.05) is 19.5 Å². The van der Waals surface area contributed by atoms with Crippen LogP contribution in [0.15, 0.2) is 42.5 Å². The minimum absolute atomic E-state index is 0.250. The van der Waals surface area contributed by atoms with Crippen molar-refractivity contribution in [3.8, 4) is 22.8 Å². The summed E-state index contributed by atoms with van der Waals surface area (Å²) >= 11 is 5.88. The topological polar surface area (TPSA) is 76.2 Å². The SMILES string of the molecule is COc1ccc(-c2n[nH]c(C)c2NC(=O)c2ccc(Cl)cc2)c(OC)c1. The zero-order chi connectivity index (χ0) is 18.7. The van der Waals surface area contributed by atoms with Gasteiger partial charge in [0.15, 0.2) is 0 Å². The average molecular weight is 372 g/mol. The van der Waals surface area contributed by atoms with Crippen LogP contribution in [0.4, 0.5) is 5.69 Å². The molecule has 1 heterocycles. The van der Waals surface area contributed by atoms with Crippen molar-refractivity contribution in [2.45, 2.75) is 6.92 Å². The number of ether oxygens (including phenoxy) is 2. The number of halogens is 1. The predicted molar refractivity (Wildman–Crippen MR) is 101 cm³/mol. The number of carbonyl (C=O) groups is 1. The number of methoxy groups -OCH3 is 2. The third-order valence-corrected chi connectivity index (χ3v) is 4.21. The number of carbonyl (C=O) groups excluding carboxylic acids is 1. The first kappa shape index (κ1) is 17.8. The molecule has 7 heteroatoms. The number of rotatable bonds is 5. The molecule has 3 rings (SSSR count). The van der Waals surface area contributed by atoms with Gasteiger partial charge in [0.2, 0.25) is 0 Å². The Morgan fingerprint density at radius 2 is 1.85 bits per heavy atom. The van der Waals surface area contributed by atoms with Crippen molar-refractivity contribution in [2.24, 2.45) is 0 Å². The van der Waals surface area contributed by atoms with Crippen LogP contribution in [0.2, 0.25) is 5.02 Å². The standard InChI is InChI=1S/C19H18ClN3O3/c1-11-17(21-19(24)12-4-6-13(20)7-5-12)18(23-22-11)15-9-8-14(25-2)10-16(15)26-3/h4-10H,1-3H3,(H,21,24)(H,22,23). The maximum atomic E-state index is 12.6. The summed E-state index contributed by atoms with van der Waals surface area (Å²) < 4.78 is 10.7. The summed E-state index contributed by atoms with van der Waals surface area (Å²) in [5.41, 5.74) is 3.16. The molecule has 0 unspecified atom stereocenters. The molecule has 0 aliphatic rings. The van der Waals surface area contributed by atoms with E-state index in [0.717, 1.165) is 11.3 Å². The second-order valence-electron chi connectivity index (χ2n) is 5.60. The first-order valence-corrected chi connectivity index (χ1v) is 8.25. The first-order valence-electron chi connectivity index (χ1n) is 7.87. The van der Waals surface area contributed by atoms with Gasteiger partial charge in [-0.2, -0.15) is 5.10 Å². The molecule has 134 valence electrons. The van der Waals surface area contributed by atoms with Gasteiger partial charge in [-0.1, -0.05) is 11.6 Å². The zero-order valence-electron chi connectivity index (χ0n) is 14.6. The highest BCUT2D eigenvalue weighted by Crippen LogP contribution is 2.37. The molecule has 0 bridgehead atoms. The monoisotopic (exact) mass is 371 g/mol. The van der Waals surface area contributed by atoms with Crippen molar-refractivity contribution < 1.29 is 14.3 Å². The van der Waals surface area contributed by atoms with E-state index >= 15 is 0 Å². The van der Waals surface area contributed by atoms with E-state index in [9.17, 15) is 4.79 Å². The summed E-state index contributed by atoms with van der Waals surface area (Å²) in [5, 5.41) is 10.7. The Balaban J connectivity index is 1.97. The number of aryl methyl sites for hydroxylation is 1. The lowest BCUT2D eigenvalue weighted by molar-refractivity contribution is 0.102. The van der Waals surface area contributed by atoms with Crippen LogP contribution in [0.1, 0.15) is 16.1 Å². The van der Waals surface area contributed by atoms with Gasteiger partial charge in [0.05, 0.1) is 25.6 Å². The molecule has 6 nitrogen and oxygen atoms in total. The van der Waals surface area contributed by atoms with Crippen LogP contribution in [-0.2, 0) is 0 Å². The number of anilines is 1. The highest BCUT2D eigenvalue weighted by molar-refractivity contribution is 6.30. The molecular formula is C19H18ClN3O3. The number of hydrogen-bond donors (Lipinski definition) is 2. The molecular weight excluding hydrogens is 354 g/mol. The molecule has 2 N–H and O–H groups in total. The van der Waals surface area contributed by atoms with E-state index in [-0.39, 0.29) is 5.91 Å². The summed E-state index contributed by atoms with van der Waals surface area (Å²) in [6, 6.07) is 12.1. The van der Waals surface area contributed by atoms with Crippen LogP contribution in [0, 0.1) is 6.92 Å². The summed E-state index contributed by atoms with van der Waals surface area (Å²) in [4.78, 5) is 12.6. The lowest BCUT2D eigenvalue weighted by atomic mass is 10.1. The fraction of sp³-hybridized carbons (Fsp3) is 0.158. The Kier molecular flexibility index (Phi) is 5.14. The second kappa shape index (κ2) is 7.49. The maximum absolute atomic E-state index is 12.6. The summed E-state index contributed by atoms with van der Waals surface area (Å²) in [6.45, 7) is 1.84. The van der Waals surface area contributed by atoms with Crippen molar-refractivity contribution in [3.05, 3.63) is 58.7 Å². The lowest BCUT2D eigenvalue weighted by Gasteiger charge is -2.11. The van der Waals surface area contributed by atoms with Crippen molar-refractivity contribution >= 4 is 23.2 Å². The number of hydrogen-bond acceptors (Lipinski definition) is 4. The molecule has 0 spiro atoms. The largest absolute Gasteiger partial charge is 0.497 e. The van der Waals surface area contributed by atoms with Crippen LogP contribution in [-0.4, -0.2) is 30.3 Å². The van der Waals surface area contributed by atoms with Gasteiger partial charge in [-0.3, -0.25) is 9.89 Å². The summed E-state index contributed by atoms with van der Waals surface area (Å²) in [5.74, 6) is 1.02. The molecule has 3 aromatic rings. The normalized spacial score (nSPS) is 10.5. The number of nitrogens with zero attached hydrogens (tertiary/aromatic N) is 1. The molecule has 0 aliphatic heterocycles. The van der Waals surface area contributed by atoms with Gasteiger partial charge in [-0.05, 0) is 43.3 Å². The highest BCUT2D eigenvalue weighted by Gasteiger charge is 2.19. The fourth-order valence-electron chi connectivity index (χ4n) is 2.56. The minimum atomic E-state index is -0.250. The van der Waals surface area contributed by atoms with Gasteiger partial charge >= 0.3 is 0 Å². The number of aromatic nitrogens is 2. The molecule has 26 heavy (non-hydrogen) atoms. The van der Waals surface area contributed by atoms with Crippen molar-refractivity contribution in [1.29, 1.82) is 0 Å². The second-order valence-corrected chi connectivity index (χ2v) is 6.04. The Morgan fingerprint density at radius 1 is 1.12 bits per heavy atom. The van der Waals surface area contributed by atoms with Gasteiger partial charge < -0.3 is 14.8 Å². The molecule has 2 aromatic carbocycles. The molecule has 0 fully saturated rings. The smallest absolute Gasteiger partial charge is 0.255 e. The Labute approximate surface area is 156 Å². The maximum Gasteiger partial charge on any atom is 0.255 e. The van der Waals surface area contributed by atoms with Crippen LogP contribution in [0.3, 0.4) is 0 Å². The van der Waals surface area contributed by atoms with E-state index in [1.165, 1.54) is 0 Å². The van der Waals surface area contributed by atoms with E-state index in [2.05, 4.69) is 15.5 Å². The number of amides is 1. The highest BCUT2D eigenvalue weighted by atomic mass is 35.5. The molecule has 0 saturated heterocycles. The summed E-state index contributed by atoms with van der Waals surface area (Å²) in [6.07, 6.45) is 0. The fourth-order valence-corrected chi connectivity index (χ4v) is 2.68. The van der Waals surface area contributed by atoms with Gasteiger partial charge in [0, 0.05) is 22.2 Å². The van der Waals surface area contributed by atoms with Crippen molar-refractivity contribution in [3.63, 3.8) is 0 Å². The minimum Gasteiger partial charge on any atom is -0.497 e. The molecule has 0 radical (unpaired) electrons. The summed E-state index contributed by atoms with van der Waals surface area (Å²) in [7, 11) is 3.16. The van der Waals surface area contributed by atoms with Gasteiger partial charge in [0.1, 0.15) is 17.2 Å². The van der Waals surface area contributed by atoms with Crippen molar-refractivity contribution in [1.82, 2.24) is 10.2 Å². The molecule has 1 amide bonds. The van der Waals surface area contributed by atoms with Crippen LogP contribution in [0.25, 0.3) is 11.3 Å². The quantitative estimate of drug-likeness (QED) is 0.700. The Bertz CT molecular complexity index is 936. The Morgan fingerprint density at radius 3 is 2.50 bits per heavy atom. The zero-order valence-corrected chi connectivity index (χ0v) is 15.3. The average Bonchev–Trinajstić information content (AvgIpc) is 3.02. The van der Waals surface area contributed by atoms with E-state index in [0.29, 0.717) is 33.5 Å². The van der Waals surface area contributed by atoms with Gasteiger partial charge in [-0.25, -0.2) is 0 Å². The molecule has 1 aromatic heterocycles. The number of aromatic amines is 1.